The Bertz CT molecular complexity index is 2140. The van der Waals surface area contributed by atoms with E-state index < -0.39 is 0 Å². The van der Waals surface area contributed by atoms with Gasteiger partial charge in [-0.1, -0.05) is 0 Å². The summed E-state index contributed by atoms with van der Waals surface area (Å²) in [4.78, 5) is 13.3. The van der Waals surface area contributed by atoms with Gasteiger partial charge in [-0.15, -0.1) is 0 Å². The van der Waals surface area contributed by atoms with Gasteiger partial charge in [-0.05, 0) is 0 Å². The zero-order valence-corrected chi connectivity index (χ0v) is 20.2. The summed E-state index contributed by atoms with van der Waals surface area (Å²) in [7, 11) is 0. The van der Waals surface area contributed by atoms with E-state index in [1.54, 1.807) is 0 Å². The van der Waals surface area contributed by atoms with Crippen LogP contribution in [0.4, 0.5) is 0 Å². The van der Waals surface area contributed by atoms with E-state index in [4.69, 9.17) is 4.42 Å². The molecule has 4 heteroatoms. The molecule has 0 aliphatic carbocycles. The molecule has 0 aliphatic rings. The third kappa shape index (κ3) is 2.58. The Morgan fingerprint density at radius 3 is 2.03 bits per heavy atom. The minimum atomic E-state index is 0.0408. The molecule has 164 valence electrons. The standard InChI is InChI=1S/C31H17NO2Se/c33-31-20-10-3-6-14-26(20)34-27-16-22-29(17-21(27)31)35-28-15-7-13-25(30(22)28)32-23-11-4-1-8-18(23)19-9-2-5-12-24(19)32/h1-17H. The molecule has 0 amide bonds. The Hall–Kier alpha value is -4.11. The molecule has 3 nitrogen and oxygen atoms in total. The molecule has 0 aliphatic heterocycles. The first-order chi connectivity index (χ1) is 17.3. The van der Waals surface area contributed by atoms with Gasteiger partial charge in [0, 0.05) is 0 Å². The molecule has 0 N–H and O–H groups in total. The molecule has 0 radical (unpaired) electrons. The van der Waals surface area contributed by atoms with Gasteiger partial charge in [0.25, 0.3) is 0 Å². The van der Waals surface area contributed by atoms with Crippen molar-refractivity contribution >= 4 is 77.5 Å². The van der Waals surface area contributed by atoms with E-state index >= 15 is 0 Å². The second-order valence-corrected chi connectivity index (χ2v) is 11.2. The number of para-hydroxylation sites is 3. The first kappa shape index (κ1) is 19.2. The van der Waals surface area contributed by atoms with E-state index in [0.29, 0.717) is 21.9 Å². The average molecular weight is 514 g/mol. The van der Waals surface area contributed by atoms with Crippen molar-refractivity contribution in [1.29, 1.82) is 0 Å². The molecule has 0 spiro atoms. The van der Waals surface area contributed by atoms with Gasteiger partial charge in [0.1, 0.15) is 0 Å². The van der Waals surface area contributed by atoms with Crippen LogP contribution in [0.1, 0.15) is 0 Å². The summed E-state index contributed by atoms with van der Waals surface area (Å²) in [5.74, 6) is 0. The number of rotatable bonds is 1. The fourth-order valence-electron chi connectivity index (χ4n) is 5.47. The molecule has 0 atom stereocenters. The number of hydrogen-bond donors (Lipinski definition) is 0. The van der Waals surface area contributed by atoms with Gasteiger partial charge >= 0.3 is 206 Å². The van der Waals surface area contributed by atoms with Crippen LogP contribution < -0.4 is 5.43 Å². The van der Waals surface area contributed by atoms with Crippen LogP contribution in [0.3, 0.4) is 0 Å². The SMILES string of the molecule is O=c1c2ccccc2oc2cc3c(cc12)[se]c1cccc(-n2c4ccccc4c4ccccc42)c13. The molecule has 3 aromatic heterocycles. The molecule has 8 rings (SSSR count). The van der Waals surface area contributed by atoms with Crippen LogP contribution in [0.5, 0.6) is 0 Å². The van der Waals surface area contributed by atoms with Gasteiger partial charge in [-0.3, -0.25) is 0 Å². The second-order valence-electron chi connectivity index (χ2n) is 8.89. The van der Waals surface area contributed by atoms with Crippen LogP contribution in [-0.4, -0.2) is 19.1 Å². The molecule has 0 bridgehead atoms. The van der Waals surface area contributed by atoms with E-state index in [-0.39, 0.29) is 19.9 Å². The molecule has 5 aromatic carbocycles. The van der Waals surface area contributed by atoms with Crippen molar-refractivity contribution in [2.45, 2.75) is 0 Å². The summed E-state index contributed by atoms with van der Waals surface area (Å²) in [6.45, 7) is 0. The van der Waals surface area contributed by atoms with Crippen molar-refractivity contribution < 1.29 is 4.42 Å². The fourth-order valence-corrected chi connectivity index (χ4v) is 7.88. The van der Waals surface area contributed by atoms with E-state index in [2.05, 4.69) is 83.4 Å². The predicted molar refractivity (Wildman–Crippen MR) is 146 cm³/mol. The van der Waals surface area contributed by atoms with Crippen LogP contribution >= 0.6 is 0 Å². The van der Waals surface area contributed by atoms with Crippen LogP contribution in [-0.2, 0) is 0 Å². The number of nitrogens with zero attached hydrogens (tertiary/aromatic N) is 1. The zero-order valence-electron chi connectivity index (χ0n) is 18.5. The van der Waals surface area contributed by atoms with Crippen LogP contribution in [0.15, 0.2) is 112 Å². The average Bonchev–Trinajstić information content (AvgIpc) is 3.43. The van der Waals surface area contributed by atoms with Gasteiger partial charge in [0.15, 0.2) is 0 Å². The van der Waals surface area contributed by atoms with Gasteiger partial charge in [-0.25, -0.2) is 0 Å². The maximum absolute atomic E-state index is 13.3. The van der Waals surface area contributed by atoms with Crippen molar-refractivity contribution in [1.82, 2.24) is 4.57 Å². The number of hydrogen-bond acceptors (Lipinski definition) is 2. The first-order valence-electron chi connectivity index (χ1n) is 11.6. The van der Waals surface area contributed by atoms with Crippen molar-refractivity contribution in [2.75, 3.05) is 0 Å². The Morgan fingerprint density at radius 2 is 1.26 bits per heavy atom. The number of aromatic nitrogens is 1. The quantitative estimate of drug-likeness (QED) is 0.169. The van der Waals surface area contributed by atoms with Crippen molar-refractivity contribution in [3.8, 4) is 5.69 Å². The molecular weight excluding hydrogens is 497 g/mol. The third-order valence-electron chi connectivity index (χ3n) is 6.99. The van der Waals surface area contributed by atoms with Crippen LogP contribution in [0.2, 0.25) is 0 Å². The molecule has 3 heterocycles. The van der Waals surface area contributed by atoms with E-state index in [1.165, 1.54) is 46.8 Å². The molecule has 0 unspecified atom stereocenters. The van der Waals surface area contributed by atoms with Gasteiger partial charge in [0.2, 0.25) is 0 Å². The second kappa shape index (κ2) is 6.95. The van der Waals surface area contributed by atoms with Gasteiger partial charge in [0.05, 0.1) is 0 Å². The fraction of sp³-hybridized carbons (Fsp3) is 0. The van der Waals surface area contributed by atoms with Crippen molar-refractivity contribution in [2.24, 2.45) is 0 Å². The summed E-state index contributed by atoms with van der Waals surface area (Å²) >= 11 is 0.117. The summed E-state index contributed by atoms with van der Waals surface area (Å²) in [6.07, 6.45) is 0. The maximum atomic E-state index is 13.3. The monoisotopic (exact) mass is 515 g/mol. The van der Waals surface area contributed by atoms with Crippen LogP contribution in [0.25, 0.3) is 68.7 Å². The Labute approximate surface area is 205 Å². The molecule has 35 heavy (non-hydrogen) atoms. The number of benzene rings is 5. The topological polar surface area (TPSA) is 35.1 Å². The third-order valence-corrected chi connectivity index (χ3v) is 9.34. The van der Waals surface area contributed by atoms with Gasteiger partial charge in [-0.2, -0.15) is 0 Å². The number of fused-ring (bicyclic) bond motifs is 8. The molecule has 0 saturated heterocycles. The molecule has 0 fully saturated rings. The molecule has 8 aromatic rings. The van der Waals surface area contributed by atoms with Crippen molar-refractivity contribution in [3.05, 3.63) is 113 Å². The van der Waals surface area contributed by atoms with Crippen molar-refractivity contribution in [3.63, 3.8) is 0 Å². The summed E-state index contributed by atoms with van der Waals surface area (Å²) in [6, 6.07) is 35.4. The Balaban J connectivity index is 1.55. The summed E-state index contributed by atoms with van der Waals surface area (Å²) in [5.41, 5.74) is 4.88. The van der Waals surface area contributed by atoms with E-state index in [1.807, 2.05) is 24.3 Å². The Kier molecular flexibility index (Phi) is 3.82. The molecular formula is C31H17NO2Se. The van der Waals surface area contributed by atoms with Gasteiger partial charge < -0.3 is 0 Å². The van der Waals surface area contributed by atoms with E-state index in [9.17, 15) is 4.79 Å². The van der Waals surface area contributed by atoms with Crippen LogP contribution in [0, 0.1) is 0 Å². The van der Waals surface area contributed by atoms with E-state index in [0.717, 1.165) is 0 Å². The predicted octanol–water partition coefficient (Wildman–Crippen LogP) is 7.41. The summed E-state index contributed by atoms with van der Waals surface area (Å²) in [5, 5.41) is 6.21. The first-order valence-corrected chi connectivity index (χ1v) is 13.3. The minimum absolute atomic E-state index is 0.0408. The zero-order chi connectivity index (χ0) is 23.1. The normalized spacial score (nSPS) is 12.1. The molecule has 0 saturated carbocycles. The Morgan fingerprint density at radius 1 is 0.571 bits per heavy atom. The summed E-state index contributed by atoms with van der Waals surface area (Å²) < 4.78 is 11.2.